The van der Waals surface area contributed by atoms with E-state index in [0.29, 0.717) is 19.7 Å². The molecular weight excluding hydrogens is 268 g/mol. The fourth-order valence-electron chi connectivity index (χ4n) is 2.44. The summed E-state index contributed by atoms with van der Waals surface area (Å²) >= 11 is 0. The number of aromatic nitrogens is 1. The van der Waals surface area contributed by atoms with E-state index in [-0.39, 0.29) is 11.7 Å². The number of rotatable bonds is 4. The minimum atomic E-state index is -0.0458. The number of aromatic amines is 1. The minimum Gasteiger partial charge on any atom is -0.486 e. The monoisotopic (exact) mass is 286 g/mol. The first-order valence-corrected chi connectivity index (χ1v) is 6.96. The third-order valence-electron chi connectivity index (χ3n) is 3.42. The topological polar surface area (TPSA) is 54.6 Å². The molecule has 1 aliphatic rings. The van der Waals surface area contributed by atoms with E-state index in [9.17, 15) is 4.79 Å². The lowest BCUT2D eigenvalue weighted by Crippen LogP contribution is -2.39. The molecule has 5 nitrogen and oxygen atoms in total. The van der Waals surface area contributed by atoms with Gasteiger partial charge in [-0.05, 0) is 25.2 Å². The zero-order chi connectivity index (χ0) is 14.7. The van der Waals surface area contributed by atoms with Gasteiger partial charge in [-0.2, -0.15) is 0 Å². The van der Waals surface area contributed by atoms with E-state index in [4.69, 9.17) is 9.47 Å². The summed E-state index contributed by atoms with van der Waals surface area (Å²) in [5.74, 6) is 1.57. The van der Waals surface area contributed by atoms with Gasteiger partial charge in [0.2, 0.25) is 0 Å². The van der Waals surface area contributed by atoms with Gasteiger partial charge in [-0.25, -0.2) is 0 Å². The minimum absolute atomic E-state index is 0.0345. The maximum Gasteiger partial charge on any atom is 0.252 e. The Labute approximate surface area is 123 Å². The fourth-order valence-corrected chi connectivity index (χ4v) is 2.44. The second-order valence-electron chi connectivity index (χ2n) is 5.22. The molecule has 0 amide bonds. The number of ether oxygens (including phenoxy) is 2. The molecular formula is C16H18N2O3. The van der Waals surface area contributed by atoms with Crippen molar-refractivity contribution in [2.45, 2.75) is 12.6 Å². The smallest absolute Gasteiger partial charge is 0.252 e. The molecule has 1 aromatic heterocycles. The number of H-pyrrole nitrogens is 1. The Morgan fingerprint density at radius 2 is 2.05 bits per heavy atom. The summed E-state index contributed by atoms with van der Waals surface area (Å²) < 4.78 is 11.6. The molecule has 110 valence electrons. The van der Waals surface area contributed by atoms with Crippen molar-refractivity contribution in [3.8, 4) is 11.5 Å². The van der Waals surface area contributed by atoms with Crippen LogP contribution in [0.2, 0.25) is 0 Å². The van der Waals surface area contributed by atoms with Gasteiger partial charge in [0.15, 0.2) is 11.5 Å². The fraction of sp³-hybridized carbons (Fsp3) is 0.312. The van der Waals surface area contributed by atoms with Gasteiger partial charge >= 0.3 is 0 Å². The van der Waals surface area contributed by atoms with Crippen LogP contribution < -0.4 is 15.0 Å². The molecule has 3 rings (SSSR count). The standard InChI is InChI=1S/C16H18N2O3/c1-18(9-12-5-4-8-17-16(12)19)10-13-11-20-14-6-2-3-7-15(14)21-13/h2-8,13H,9-11H2,1H3,(H,17,19). The van der Waals surface area contributed by atoms with Crippen LogP contribution >= 0.6 is 0 Å². The van der Waals surface area contributed by atoms with Crippen LogP contribution in [-0.4, -0.2) is 36.2 Å². The molecule has 0 saturated heterocycles. The molecule has 1 aromatic carbocycles. The largest absolute Gasteiger partial charge is 0.486 e. The first kappa shape index (κ1) is 13.7. The number of hydrogen-bond donors (Lipinski definition) is 1. The van der Waals surface area contributed by atoms with Gasteiger partial charge in [0.05, 0.1) is 0 Å². The highest BCUT2D eigenvalue weighted by molar-refractivity contribution is 5.40. The van der Waals surface area contributed by atoms with E-state index in [1.165, 1.54) is 0 Å². The lowest BCUT2D eigenvalue weighted by Gasteiger charge is -2.29. The first-order valence-electron chi connectivity index (χ1n) is 6.96. The summed E-state index contributed by atoms with van der Waals surface area (Å²) in [6, 6.07) is 11.3. The number of nitrogens with one attached hydrogen (secondary N) is 1. The van der Waals surface area contributed by atoms with E-state index < -0.39 is 0 Å². The normalized spacial score (nSPS) is 17.0. The molecule has 1 N–H and O–H groups in total. The highest BCUT2D eigenvalue weighted by Crippen LogP contribution is 2.30. The Morgan fingerprint density at radius 3 is 2.86 bits per heavy atom. The predicted molar refractivity (Wildman–Crippen MR) is 79.7 cm³/mol. The van der Waals surface area contributed by atoms with Gasteiger partial charge < -0.3 is 14.5 Å². The lowest BCUT2D eigenvalue weighted by atomic mass is 10.2. The number of para-hydroxylation sites is 2. The van der Waals surface area contributed by atoms with Gasteiger partial charge in [-0.1, -0.05) is 18.2 Å². The van der Waals surface area contributed by atoms with E-state index in [1.807, 2.05) is 43.4 Å². The van der Waals surface area contributed by atoms with Crippen LogP contribution in [0, 0.1) is 0 Å². The molecule has 0 bridgehead atoms. The lowest BCUT2D eigenvalue weighted by molar-refractivity contribution is 0.0637. The third-order valence-corrected chi connectivity index (χ3v) is 3.42. The van der Waals surface area contributed by atoms with Crippen molar-refractivity contribution in [1.29, 1.82) is 0 Å². The highest BCUT2D eigenvalue weighted by atomic mass is 16.6. The molecule has 21 heavy (non-hydrogen) atoms. The Bertz CT molecular complexity index is 668. The second-order valence-corrected chi connectivity index (χ2v) is 5.22. The van der Waals surface area contributed by atoms with Crippen molar-refractivity contribution < 1.29 is 9.47 Å². The van der Waals surface area contributed by atoms with Crippen LogP contribution in [0.15, 0.2) is 47.4 Å². The summed E-state index contributed by atoms with van der Waals surface area (Å²) in [6.07, 6.45) is 1.61. The predicted octanol–water partition coefficient (Wildman–Crippen LogP) is 1.65. The number of hydrogen-bond acceptors (Lipinski definition) is 4. The number of likely N-dealkylation sites (N-methyl/N-ethyl adjacent to an activating group) is 1. The highest BCUT2D eigenvalue weighted by Gasteiger charge is 2.22. The van der Waals surface area contributed by atoms with Crippen molar-refractivity contribution in [2.24, 2.45) is 0 Å². The van der Waals surface area contributed by atoms with Crippen LogP contribution in [0.3, 0.4) is 0 Å². The van der Waals surface area contributed by atoms with Gasteiger partial charge in [0.25, 0.3) is 5.56 Å². The second kappa shape index (κ2) is 6.01. The SMILES string of the molecule is CN(Cc1ccc[nH]c1=O)CC1COc2ccccc2O1. The van der Waals surface area contributed by atoms with E-state index in [2.05, 4.69) is 9.88 Å². The van der Waals surface area contributed by atoms with Gasteiger partial charge in [0.1, 0.15) is 12.7 Å². The molecule has 0 radical (unpaired) electrons. The van der Waals surface area contributed by atoms with Crippen LogP contribution in [0.5, 0.6) is 11.5 Å². The molecule has 1 atom stereocenters. The Morgan fingerprint density at radius 1 is 1.24 bits per heavy atom. The number of nitrogens with zero attached hydrogens (tertiary/aromatic N) is 1. The van der Waals surface area contributed by atoms with Crippen molar-refractivity contribution in [2.75, 3.05) is 20.2 Å². The summed E-state index contributed by atoms with van der Waals surface area (Å²) in [5.41, 5.74) is 0.702. The van der Waals surface area contributed by atoms with Crippen molar-refractivity contribution >= 4 is 0 Å². The molecule has 0 saturated carbocycles. The average Bonchev–Trinajstić information content (AvgIpc) is 2.49. The van der Waals surface area contributed by atoms with Crippen LogP contribution in [0.1, 0.15) is 5.56 Å². The van der Waals surface area contributed by atoms with Gasteiger partial charge in [-0.3, -0.25) is 9.69 Å². The zero-order valence-electron chi connectivity index (χ0n) is 11.9. The quantitative estimate of drug-likeness (QED) is 0.928. The molecule has 1 unspecified atom stereocenters. The first-order chi connectivity index (χ1) is 10.2. The van der Waals surface area contributed by atoms with Crippen molar-refractivity contribution in [1.82, 2.24) is 9.88 Å². The summed E-state index contributed by atoms with van der Waals surface area (Å²) in [4.78, 5) is 16.4. The van der Waals surface area contributed by atoms with E-state index in [1.54, 1.807) is 6.20 Å². The molecule has 5 heteroatoms. The van der Waals surface area contributed by atoms with Crippen molar-refractivity contribution in [3.63, 3.8) is 0 Å². The molecule has 2 heterocycles. The number of fused-ring (bicyclic) bond motifs is 1. The zero-order valence-corrected chi connectivity index (χ0v) is 11.9. The maximum atomic E-state index is 11.7. The molecule has 0 aliphatic carbocycles. The van der Waals surface area contributed by atoms with Gasteiger partial charge in [-0.15, -0.1) is 0 Å². The Balaban J connectivity index is 1.60. The molecule has 0 fully saturated rings. The Kier molecular flexibility index (Phi) is 3.92. The molecule has 1 aliphatic heterocycles. The Hall–Kier alpha value is -2.27. The summed E-state index contributed by atoms with van der Waals surface area (Å²) in [5, 5.41) is 0. The van der Waals surface area contributed by atoms with Crippen molar-refractivity contribution in [3.05, 3.63) is 58.5 Å². The van der Waals surface area contributed by atoms with Crippen LogP contribution in [-0.2, 0) is 6.54 Å². The van der Waals surface area contributed by atoms with Crippen LogP contribution in [0.25, 0.3) is 0 Å². The molecule has 2 aromatic rings. The summed E-state index contributed by atoms with van der Waals surface area (Å²) in [6.45, 7) is 1.80. The van der Waals surface area contributed by atoms with Crippen LogP contribution in [0.4, 0.5) is 0 Å². The number of benzene rings is 1. The summed E-state index contributed by atoms with van der Waals surface area (Å²) in [7, 11) is 1.97. The molecule has 0 spiro atoms. The maximum absolute atomic E-state index is 11.7. The van der Waals surface area contributed by atoms with E-state index in [0.717, 1.165) is 17.1 Å². The third kappa shape index (κ3) is 3.25. The van der Waals surface area contributed by atoms with Gasteiger partial charge in [0, 0.05) is 24.8 Å². The number of pyridine rings is 1. The van der Waals surface area contributed by atoms with E-state index >= 15 is 0 Å². The average molecular weight is 286 g/mol.